The number of nitrogens with zero attached hydrogens (tertiary/aromatic N) is 2. The fourth-order valence-corrected chi connectivity index (χ4v) is 4.15. The zero-order chi connectivity index (χ0) is 21.9. The van der Waals surface area contributed by atoms with Crippen molar-refractivity contribution < 1.29 is 13.6 Å². The third-order valence-corrected chi connectivity index (χ3v) is 5.95. The van der Waals surface area contributed by atoms with Gasteiger partial charge in [-0.15, -0.1) is 0 Å². The number of benzene rings is 2. The predicted molar refractivity (Wildman–Crippen MR) is 117 cm³/mol. The molecule has 0 spiro atoms. The Morgan fingerprint density at radius 2 is 1.84 bits per heavy atom. The number of hydrogen-bond acceptors (Lipinski definition) is 4. The van der Waals surface area contributed by atoms with Crippen LogP contribution in [0.15, 0.2) is 63.8 Å². The second kappa shape index (κ2) is 7.18. The lowest BCUT2D eigenvalue weighted by Crippen LogP contribution is -2.30. The molecule has 0 bridgehead atoms. The Morgan fingerprint density at radius 3 is 2.58 bits per heavy atom. The van der Waals surface area contributed by atoms with Gasteiger partial charge in [0.25, 0.3) is 5.91 Å². The normalized spacial score (nSPS) is 15.5. The second-order valence-corrected chi connectivity index (χ2v) is 8.02. The van der Waals surface area contributed by atoms with Crippen molar-refractivity contribution in [2.75, 3.05) is 4.90 Å². The summed E-state index contributed by atoms with van der Waals surface area (Å²) >= 11 is 12.3. The van der Waals surface area contributed by atoms with Crippen LogP contribution in [0.3, 0.4) is 0 Å². The molecule has 0 saturated carbocycles. The third kappa shape index (κ3) is 3.10. The molecule has 1 atom stereocenters. The van der Waals surface area contributed by atoms with Crippen molar-refractivity contribution >= 4 is 45.9 Å². The van der Waals surface area contributed by atoms with Crippen LogP contribution in [0.2, 0.25) is 10.0 Å². The van der Waals surface area contributed by atoms with Crippen LogP contribution in [0.1, 0.15) is 33.4 Å². The minimum absolute atomic E-state index is 0.0515. The molecule has 2 aromatic carbocycles. The maximum absolute atomic E-state index is 13.8. The number of pyridine rings is 1. The van der Waals surface area contributed by atoms with Crippen LogP contribution in [0.25, 0.3) is 11.0 Å². The molecular weight excluding hydrogens is 442 g/mol. The van der Waals surface area contributed by atoms with Gasteiger partial charge in [0, 0.05) is 5.69 Å². The number of aryl methyl sites for hydroxylation is 1. The Kier molecular flexibility index (Phi) is 4.57. The Hall–Kier alpha value is -3.22. The highest BCUT2D eigenvalue weighted by atomic mass is 35.5. The van der Waals surface area contributed by atoms with Gasteiger partial charge in [-0.2, -0.15) is 0 Å². The molecule has 5 rings (SSSR count). The van der Waals surface area contributed by atoms with Gasteiger partial charge in [-0.3, -0.25) is 14.5 Å². The lowest BCUT2D eigenvalue weighted by Gasteiger charge is -2.24. The van der Waals surface area contributed by atoms with Crippen LogP contribution in [0.5, 0.6) is 0 Å². The van der Waals surface area contributed by atoms with Crippen molar-refractivity contribution in [3.63, 3.8) is 0 Å². The highest BCUT2D eigenvalue weighted by Crippen LogP contribution is 2.41. The highest BCUT2D eigenvalue weighted by molar-refractivity contribution is 6.42. The van der Waals surface area contributed by atoms with E-state index < -0.39 is 23.2 Å². The van der Waals surface area contributed by atoms with E-state index in [1.807, 2.05) is 0 Å². The van der Waals surface area contributed by atoms with E-state index in [1.165, 1.54) is 17.0 Å². The van der Waals surface area contributed by atoms with Crippen molar-refractivity contribution in [2.45, 2.75) is 13.0 Å². The zero-order valence-corrected chi connectivity index (χ0v) is 17.5. The minimum atomic E-state index is -0.865. The molecule has 0 N–H and O–H groups in total. The number of fused-ring (bicyclic) bond motifs is 2. The number of halogens is 3. The monoisotopic (exact) mass is 454 g/mol. The lowest BCUT2D eigenvalue weighted by atomic mass is 9.98. The van der Waals surface area contributed by atoms with E-state index in [2.05, 4.69) is 4.98 Å². The molecule has 0 fully saturated rings. The molecule has 5 nitrogen and oxygen atoms in total. The lowest BCUT2D eigenvalue weighted by molar-refractivity contribution is 0.0970. The number of rotatable bonds is 2. The zero-order valence-electron chi connectivity index (χ0n) is 16.0. The van der Waals surface area contributed by atoms with Gasteiger partial charge < -0.3 is 4.42 Å². The maximum Gasteiger partial charge on any atom is 0.296 e. The predicted octanol–water partition coefficient (Wildman–Crippen LogP) is 5.69. The Labute approximate surface area is 185 Å². The first-order valence-electron chi connectivity index (χ1n) is 9.33. The number of carbonyl (C=O) groups is 1. The van der Waals surface area contributed by atoms with Crippen LogP contribution in [-0.4, -0.2) is 10.9 Å². The van der Waals surface area contributed by atoms with Gasteiger partial charge in [0.1, 0.15) is 17.2 Å². The van der Waals surface area contributed by atoms with Gasteiger partial charge in [0.15, 0.2) is 5.43 Å². The summed E-state index contributed by atoms with van der Waals surface area (Å²) in [4.78, 5) is 32.7. The molecular formula is C23H13Cl2FN2O3. The van der Waals surface area contributed by atoms with E-state index in [4.69, 9.17) is 27.6 Å². The molecule has 1 aliphatic heterocycles. The van der Waals surface area contributed by atoms with Crippen LogP contribution in [0, 0.1) is 12.7 Å². The SMILES string of the molecule is Cc1cccc(N2C(=O)c3oc4ccc(F)cc4c(=O)c3C2c2ccc(Cl)c(Cl)c2)n1. The molecule has 31 heavy (non-hydrogen) atoms. The van der Waals surface area contributed by atoms with Crippen LogP contribution in [0.4, 0.5) is 10.2 Å². The van der Waals surface area contributed by atoms with Crippen molar-refractivity contribution in [1.82, 2.24) is 4.98 Å². The molecule has 3 heterocycles. The van der Waals surface area contributed by atoms with Crippen molar-refractivity contribution in [3.05, 3.63) is 103 Å². The third-order valence-electron chi connectivity index (χ3n) is 5.21. The van der Waals surface area contributed by atoms with Gasteiger partial charge in [-0.05, 0) is 55.0 Å². The van der Waals surface area contributed by atoms with E-state index in [0.29, 0.717) is 22.1 Å². The van der Waals surface area contributed by atoms with Crippen molar-refractivity contribution in [1.29, 1.82) is 0 Å². The van der Waals surface area contributed by atoms with Gasteiger partial charge in [0.05, 0.1) is 27.0 Å². The molecule has 0 radical (unpaired) electrons. The first-order valence-corrected chi connectivity index (χ1v) is 10.1. The molecule has 0 saturated heterocycles. The van der Waals surface area contributed by atoms with E-state index in [-0.39, 0.29) is 27.3 Å². The van der Waals surface area contributed by atoms with Crippen LogP contribution in [-0.2, 0) is 0 Å². The number of carbonyl (C=O) groups excluding carboxylic acids is 1. The summed E-state index contributed by atoms with van der Waals surface area (Å²) in [6.07, 6.45) is 0. The molecule has 2 aromatic heterocycles. The van der Waals surface area contributed by atoms with E-state index >= 15 is 0 Å². The molecule has 1 amide bonds. The van der Waals surface area contributed by atoms with Crippen molar-refractivity contribution in [2.24, 2.45) is 0 Å². The molecule has 1 aliphatic rings. The average Bonchev–Trinajstić information content (AvgIpc) is 3.03. The first-order chi connectivity index (χ1) is 14.8. The van der Waals surface area contributed by atoms with Gasteiger partial charge in [0.2, 0.25) is 5.76 Å². The van der Waals surface area contributed by atoms with Gasteiger partial charge in [-0.25, -0.2) is 9.37 Å². The fraction of sp³-hybridized carbons (Fsp3) is 0.0870. The summed E-state index contributed by atoms with van der Waals surface area (Å²) in [6.45, 7) is 1.80. The summed E-state index contributed by atoms with van der Waals surface area (Å²) in [6, 6.07) is 12.8. The number of hydrogen-bond donors (Lipinski definition) is 0. The smallest absolute Gasteiger partial charge is 0.296 e. The van der Waals surface area contributed by atoms with Gasteiger partial charge >= 0.3 is 0 Å². The first kappa shape index (κ1) is 19.7. The number of amides is 1. The fourth-order valence-electron chi connectivity index (χ4n) is 3.84. The largest absolute Gasteiger partial charge is 0.450 e. The second-order valence-electron chi connectivity index (χ2n) is 7.20. The Balaban J connectivity index is 1.84. The van der Waals surface area contributed by atoms with Gasteiger partial charge in [-0.1, -0.05) is 35.3 Å². The van der Waals surface area contributed by atoms with Crippen molar-refractivity contribution in [3.8, 4) is 0 Å². The van der Waals surface area contributed by atoms with Crippen LogP contribution < -0.4 is 10.3 Å². The molecule has 1 unspecified atom stereocenters. The summed E-state index contributed by atoms with van der Waals surface area (Å²) in [5, 5.41) is 0.659. The highest BCUT2D eigenvalue weighted by Gasteiger charge is 2.44. The molecule has 154 valence electrons. The summed E-state index contributed by atoms with van der Waals surface area (Å²) in [5.41, 5.74) is 0.985. The minimum Gasteiger partial charge on any atom is -0.450 e. The summed E-state index contributed by atoms with van der Waals surface area (Å²) in [5.74, 6) is -0.856. The Bertz CT molecular complexity index is 1450. The number of aromatic nitrogens is 1. The topological polar surface area (TPSA) is 63.4 Å². The van der Waals surface area contributed by atoms with E-state index in [1.54, 1.807) is 43.3 Å². The van der Waals surface area contributed by atoms with E-state index in [9.17, 15) is 14.0 Å². The molecule has 0 aliphatic carbocycles. The van der Waals surface area contributed by atoms with Crippen LogP contribution >= 0.6 is 23.2 Å². The standard InChI is InChI=1S/C23H13Cl2FN2O3/c1-11-3-2-4-18(27-11)28-20(12-5-7-15(24)16(25)9-12)19-21(29)14-10-13(26)6-8-17(14)31-22(19)23(28)30/h2-10,20H,1H3. The summed E-state index contributed by atoms with van der Waals surface area (Å²) in [7, 11) is 0. The average molecular weight is 455 g/mol. The Morgan fingerprint density at radius 1 is 1.03 bits per heavy atom. The van der Waals surface area contributed by atoms with E-state index in [0.717, 1.165) is 6.07 Å². The summed E-state index contributed by atoms with van der Waals surface area (Å²) < 4.78 is 19.6. The quantitative estimate of drug-likeness (QED) is 0.390. The number of anilines is 1. The molecule has 8 heteroatoms. The maximum atomic E-state index is 13.8. The molecule has 4 aromatic rings.